The van der Waals surface area contributed by atoms with Crippen molar-refractivity contribution in [2.24, 2.45) is 5.92 Å². The largest absolute Gasteiger partial charge is 0.316 e. The molecule has 2 heterocycles. The van der Waals surface area contributed by atoms with Crippen LogP contribution in [0.1, 0.15) is 16.4 Å². The third kappa shape index (κ3) is 1.19. The van der Waals surface area contributed by atoms with Crippen LogP contribution in [0.15, 0.2) is 8.26 Å². The first-order chi connectivity index (χ1) is 6.27. The average Bonchev–Trinajstić information content (AvgIpc) is 2.66. The molecule has 2 unspecified atom stereocenters. The lowest BCUT2D eigenvalue weighted by Gasteiger charge is -2.08. The Balaban J connectivity index is 2.12. The number of thiophene rings is 1. The average molecular weight is 323 g/mol. The van der Waals surface area contributed by atoms with Crippen LogP contribution in [0.25, 0.3) is 0 Å². The smallest absolute Gasteiger partial charge is 0.0846 e. The van der Waals surface area contributed by atoms with Crippen LogP contribution in [0, 0.1) is 5.92 Å². The maximum Gasteiger partial charge on any atom is 0.0846 e. The van der Waals surface area contributed by atoms with Crippen molar-refractivity contribution in [2.75, 3.05) is 13.1 Å². The second-order valence-corrected chi connectivity index (χ2v) is 6.97. The van der Waals surface area contributed by atoms with Crippen LogP contribution in [0.3, 0.4) is 0 Å². The summed E-state index contributed by atoms with van der Waals surface area (Å²) < 4.78 is 2.58. The van der Waals surface area contributed by atoms with E-state index in [2.05, 4.69) is 37.2 Å². The van der Waals surface area contributed by atoms with E-state index in [-0.39, 0.29) is 0 Å². The molecule has 3 rings (SSSR count). The molecule has 1 nitrogen and oxygen atoms in total. The first kappa shape index (κ1) is 8.89. The molecule has 0 bridgehead atoms. The summed E-state index contributed by atoms with van der Waals surface area (Å²) in [6, 6.07) is 0. The summed E-state index contributed by atoms with van der Waals surface area (Å²) in [4.78, 5) is 1.59. The molecule has 0 amide bonds. The van der Waals surface area contributed by atoms with Gasteiger partial charge in [-0.2, -0.15) is 0 Å². The van der Waals surface area contributed by atoms with Gasteiger partial charge in [0.25, 0.3) is 0 Å². The quantitative estimate of drug-likeness (QED) is 0.774. The Bertz CT molecular complexity index is 361. The predicted octanol–water partition coefficient (Wildman–Crippen LogP) is 3.13. The highest BCUT2D eigenvalue weighted by Gasteiger charge is 2.39. The van der Waals surface area contributed by atoms with Crippen molar-refractivity contribution in [1.82, 2.24) is 5.32 Å². The summed E-state index contributed by atoms with van der Waals surface area (Å²) in [6.45, 7) is 2.37. The van der Waals surface area contributed by atoms with Crippen LogP contribution in [-0.4, -0.2) is 13.1 Å². The molecule has 1 saturated heterocycles. The Labute approximate surface area is 98.2 Å². The normalized spacial score (nSPS) is 30.6. The Morgan fingerprint density at radius 1 is 1.31 bits per heavy atom. The van der Waals surface area contributed by atoms with Gasteiger partial charge in [-0.25, -0.2) is 0 Å². The highest BCUT2D eigenvalue weighted by molar-refractivity contribution is 9.13. The maximum absolute atomic E-state index is 3.67. The molecule has 1 aliphatic heterocycles. The number of rotatable bonds is 0. The second kappa shape index (κ2) is 3.05. The zero-order valence-electron chi connectivity index (χ0n) is 6.94. The highest BCUT2D eigenvalue weighted by atomic mass is 79.9. The van der Waals surface area contributed by atoms with Gasteiger partial charge in [0.1, 0.15) is 0 Å². The van der Waals surface area contributed by atoms with Crippen LogP contribution in [0.2, 0.25) is 0 Å². The molecule has 70 valence electrons. The lowest BCUT2D eigenvalue weighted by Crippen LogP contribution is -2.09. The maximum atomic E-state index is 3.67. The highest BCUT2D eigenvalue weighted by Crippen LogP contribution is 2.50. The molecule has 0 spiro atoms. The van der Waals surface area contributed by atoms with Crippen LogP contribution in [0.4, 0.5) is 0 Å². The van der Waals surface area contributed by atoms with E-state index in [4.69, 9.17) is 0 Å². The van der Waals surface area contributed by atoms with Gasteiger partial charge in [0.15, 0.2) is 0 Å². The first-order valence-corrected chi connectivity index (χ1v) is 6.85. The van der Waals surface area contributed by atoms with Gasteiger partial charge >= 0.3 is 0 Å². The fraction of sp³-hybridized carbons (Fsp3) is 0.556. The van der Waals surface area contributed by atoms with Gasteiger partial charge in [-0.05, 0) is 56.3 Å². The van der Waals surface area contributed by atoms with E-state index in [1.165, 1.54) is 27.8 Å². The van der Waals surface area contributed by atoms with Gasteiger partial charge in [0, 0.05) is 21.8 Å². The molecular weight excluding hydrogens is 314 g/mol. The Kier molecular flexibility index (Phi) is 2.09. The van der Waals surface area contributed by atoms with Gasteiger partial charge in [-0.1, -0.05) is 0 Å². The van der Waals surface area contributed by atoms with Gasteiger partial charge in [0.05, 0.1) is 3.79 Å². The number of halogens is 2. The van der Waals surface area contributed by atoms with Gasteiger partial charge in [-0.15, -0.1) is 11.3 Å². The minimum Gasteiger partial charge on any atom is -0.316 e. The minimum absolute atomic E-state index is 0.770. The fourth-order valence-electron chi connectivity index (χ4n) is 2.48. The molecule has 0 saturated carbocycles. The standard InChI is InChI=1S/C9H9Br2NS/c10-8-7-5-3-12-2-4(5)1-6(7)13-9(8)11/h4-5,12H,1-3H2. The van der Waals surface area contributed by atoms with Crippen molar-refractivity contribution >= 4 is 43.2 Å². The summed E-state index contributed by atoms with van der Waals surface area (Å²) in [7, 11) is 0. The molecule has 0 radical (unpaired) electrons. The molecular formula is C9H9Br2NS. The molecule has 1 aromatic rings. The van der Waals surface area contributed by atoms with Crippen molar-refractivity contribution in [2.45, 2.75) is 12.3 Å². The van der Waals surface area contributed by atoms with Crippen molar-refractivity contribution < 1.29 is 0 Å². The molecule has 2 atom stereocenters. The summed E-state index contributed by atoms with van der Waals surface area (Å²) in [6.07, 6.45) is 1.28. The van der Waals surface area contributed by atoms with E-state index in [0.29, 0.717) is 0 Å². The van der Waals surface area contributed by atoms with E-state index in [1.54, 1.807) is 10.4 Å². The summed E-state index contributed by atoms with van der Waals surface area (Å²) in [5.74, 6) is 1.64. The first-order valence-electron chi connectivity index (χ1n) is 4.44. The Hall–Kier alpha value is 0.620. The van der Waals surface area contributed by atoms with Crippen LogP contribution in [0.5, 0.6) is 0 Å². The van der Waals surface area contributed by atoms with E-state index in [0.717, 1.165) is 11.8 Å². The minimum atomic E-state index is 0.770. The van der Waals surface area contributed by atoms with Crippen LogP contribution >= 0.6 is 43.2 Å². The molecule has 2 aliphatic rings. The molecule has 0 aromatic carbocycles. The summed E-state index contributed by atoms with van der Waals surface area (Å²) in [5, 5.41) is 3.47. The van der Waals surface area contributed by atoms with Crippen molar-refractivity contribution in [3.63, 3.8) is 0 Å². The monoisotopic (exact) mass is 321 g/mol. The third-order valence-corrected chi connectivity index (χ3v) is 6.60. The third-order valence-electron chi connectivity index (χ3n) is 3.08. The fourth-order valence-corrected chi connectivity index (χ4v) is 5.26. The summed E-state index contributed by atoms with van der Waals surface area (Å²) in [5.41, 5.74) is 1.58. The zero-order chi connectivity index (χ0) is 9.00. The van der Waals surface area contributed by atoms with E-state index in [9.17, 15) is 0 Å². The van der Waals surface area contributed by atoms with Crippen molar-refractivity contribution in [3.05, 3.63) is 18.7 Å². The number of hydrogen-bond acceptors (Lipinski definition) is 2. The Morgan fingerprint density at radius 2 is 2.15 bits per heavy atom. The predicted molar refractivity (Wildman–Crippen MR) is 62.5 cm³/mol. The second-order valence-electron chi connectivity index (χ2n) is 3.76. The Morgan fingerprint density at radius 3 is 3.00 bits per heavy atom. The molecule has 1 aromatic heterocycles. The molecule has 1 aliphatic carbocycles. The van der Waals surface area contributed by atoms with Gasteiger partial charge in [-0.3, -0.25) is 0 Å². The lowest BCUT2D eigenvalue weighted by molar-refractivity contribution is 0.564. The van der Waals surface area contributed by atoms with Crippen LogP contribution in [-0.2, 0) is 6.42 Å². The van der Waals surface area contributed by atoms with Gasteiger partial charge in [0.2, 0.25) is 0 Å². The van der Waals surface area contributed by atoms with Crippen molar-refractivity contribution in [1.29, 1.82) is 0 Å². The topological polar surface area (TPSA) is 12.0 Å². The van der Waals surface area contributed by atoms with E-state index < -0.39 is 0 Å². The molecule has 13 heavy (non-hydrogen) atoms. The molecule has 1 N–H and O–H groups in total. The van der Waals surface area contributed by atoms with E-state index in [1.807, 2.05) is 11.3 Å². The van der Waals surface area contributed by atoms with Crippen molar-refractivity contribution in [3.8, 4) is 0 Å². The lowest BCUT2D eigenvalue weighted by atomic mass is 9.97. The number of nitrogens with one attached hydrogen (secondary N) is 1. The molecule has 4 heteroatoms. The number of fused-ring (bicyclic) bond motifs is 3. The zero-order valence-corrected chi connectivity index (χ0v) is 10.9. The van der Waals surface area contributed by atoms with Gasteiger partial charge < -0.3 is 5.32 Å². The molecule has 1 fully saturated rings. The van der Waals surface area contributed by atoms with E-state index >= 15 is 0 Å². The summed E-state index contributed by atoms with van der Waals surface area (Å²) >= 11 is 9.17. The SMILES string of the molecule is Brc1sc2c(c1Br)C1CNCC1C2. The number of hydrogen-bond donors (Lipinski definition) is 1. The van der Waals surface area contributed by atoms with Crippen LogP contribution < -0.4 is 5.32 Å².